The molecular weight excluding hydrogens is 168 g/mol. The van der Waals surface area contributed by atoms with Crippen LogP contribution in [0.5, 0.6) is 0 Å². The van der Waals surface area contributed by atoms with Gasteiger partial charge in [-0.05, 0) is 18.4 Å². The van der Waals surface area contributed by atoms with Crippen molar-refractivity contribution in [2.75, 3.05) is 0 Å². The van der Waals surface area contributed by atoms with E-state index in [0.29, 0.717) is 0 Å². The van der Waals surface area contributed by atoms with Gasteiger partial charge in [-0.25, -0.2) is 0 Å². The molecule has 0 saturated carbocycles. The van der Waals surface area contributed by atoms with Gasteiger partial charge in [0.1, 0.15) is 6.10 Å². The summed E-state index contributed by atoms with van der Waals surface area (Å²) in [4.78, 5) is 0.933. The molecule has 0 radical (unpaired) electrons. The van der Waals surface area contributed by atoms with Gasteiger partial charge in [-0.15, -0.1) is 22.9 Å². The molecule has 0 fully saturated rings. The molecule has 1 aromatic heterocycles. The van der Waals surface area contributed by atoms with Gasteiger partial charge in [-0.1, -0.05) is 6.07 Å². The number of hydrogen-bond acceptors (Lipinski definition) is 2. The van der Waals surface area contributed by atoms with Crippen LogP contribution in [0.25, 0.3) is 0 Å². The third-order valence-electron chi connectivity index (χ3n) is 1.27. The van der Waals surface area contributed by atoms with Crippen LogP contribution in [0, 0.1) is 0 Å². The molecule has 10 heavy (non-hydrogen) atoms. The first kappa shape index (κ1) is 8.05. The zero-order valence-electron chi connectivity index (χ0n) is 5.62. The van der Waals surface area contributed by atoms with Gasteiger partial charge in [0.15, 0.2) is 0 Å². The monoisotopic (exact) mass is 176 g/mol. The summed E-state index contributed by atoms with van der Waals surface area (Å²) in [6, 6.07) is 3.79. The Bertz CT molecular complexity index is 183. The molecule has 0 aliphatic rings. The van der Waals surface area contributed by atoms with E-state index < -0.39 is 6.10 Å². The molecule has 0 bridgehead atoms. The van der Waals surface area contributed by atoms with Crippen molar-refractivity contribution in [1.29, 1.82) is 0 Å². The Labute approximate surface area is 69.3 Å². The molecule has 1 aromatic rings. The molecule has 56 valence electrons. The summed E-state index contributed by atoms with van der Waals surface area (Å²) < 4.78 is 0. The fourth-order valence-corrected chi connectivity index (χ4v) is 1.71. The molecule has 3 heteroatoms. The lowest BCUT2D eigenvalue weighted by Gasteiger charge is -2.09. The zero-order valence-corrected chi connectivity index (χ0v) is 7.19. The molecule has 2 atom stereocenters. The molecule has 1 rings (SSSR count). The third-order valence-corrected chi connectivity index (χ3v) is 2.45. The normalized spacial score (nSPS) is 16.7. The summed E-state index contributed by atoms with van der Waals surface area (Å²) in [6.45, 7) is 1.78. The number of halogens is 1. The van der Waals surface area contributed by atoms with Gasteiger partial charge in [-0.3, -0.25) is 0 Å². The highest BCUT2D eigenvalue weighted by Gasteiger charge is 2.13. The summed E-state index contributed by atoms with van der Waals surface area (Å²) in [6.07, 6.45) is -0.512. The summed E-state index contributed by atoms with van der Waals surface area (Å²) in [5.74, 6) is 0. The van der Waals surface area contributed by atoms with E-state index in [1.54, 1.807) is 6.92 Å². The summed E-state index contributed by atoms with van der Waals surface area (Å²) in [5, 5.41) is 11.1. The molecule has 0 aromatic carbocycles. The third kappa shape index (κ3) is 1.72. The Kier molecular flexibility index (Phi) is 2.72. The highest BCUT2D eigenvalue weighted by Crippen LogP contribution is 2.24. The van der Waals surface area contributed by atoms with E-state index in [1.807, 2.05) is 17.5 Å². The number of alkyl halides is 1. The molecular formula is C7H9ClOS. The maximum Gasteiger partial charge on any atom is 0.104 e. The minimum atomic E-state index is -0.512. The van der Waals surface area contributed by atoms with Gasteiger partial charge in [0.2, 0.25) is 0 Å². The first-order valence-electron chi connectivity index (χ1n) is 3.07. The van der Waals surface area contributed by atoms with E-state index in [1.165, 1.54) is 11.3 Å². The van der Waals surface area contributed by atoms with Gasteiger partial charge >= 0.3 is 0 Å². The van der Waals surface area contributed by atoms with Crippen molar-refractivity contribution in [2.24, 2.45) is 0 Å². The SMILES string of the molecule is C[C@H](Cl)[C@H](O)c1cccs1. The number of aliphatic hydroxyl groups is 1. The average molecular weight is 177 g/mol. The van der Waals surface area contributed by atoms with Crippen molar-refractivity contribution in [3.8, 4) is 0 Å². The molecule has 0 aliphatic heterocycles. The minimum Gasteiger partial charge on any atom is -0.386 e. The molecule has 0 saturated heterocycles. The Morgan fingerprint density at radius 2 is 2.40 bits per heavy atom. The van der Waals surface area contributed by atoms with E-state index in [2.05, 4.69) is 0 Å². The number of rotatable bonds is 2. The highest BCUT2D eigenvalue weighted by molar-refractivity contribution is 7.10. The van der Waals surface area contributed by atoms with Crippen LogP contribution in [0.15, 0.2) is 17.5 Å². The standard InChI is InChI=1S/C7H9ClOS/c1-5(8)7(9)6-3-2-4-10-6/h2-5,7,9H,1H3/t5-,7-/m0/s1. The minimum absolute atomic E-state index is 0.210. The van der Waals surface area contributed by atoms with Crippen LogP contribution in [0.4, 0.5) is 0 Å². The van der Waals surface area contributed by atoms with Crippen molar-refractivity contribution in [2.45, 2.75) is 18.4 Å². The molecule has 0 amide bonds. The number of thiophene rings is 1. The Morgan fingerprint density at radius 1 is 1.70 bits per heavy atom. The van der Waals surface area contributed by atoms with Crippen molar-refractivity contribution >= 4 is 22.9 Å². The lowest BCUT2D eigenvalue weighted by Crippen LogP contribution is -2.05. The second-order valence-corrected chi connectivity index (χ2v) is 3.81. The average Bonchev–Trinajstić information content (AvgIpc) is 2.36. The predicted octanol–water partition coefficient (Wildman–Crippen LogP) is 2.41. The molecule has 0 spiro atoms. The lowest BCUT2D eigenvalue weighted by molar-refractivity contribution is 0.181. The smallest absolute Gasteiger partial charge is 0.104 e. The number of aliphatic hydroxyl groups excluding tert-OH is 1. The molecule has 0 aliphatic carbocycles. The van der Waals surface area contributed by atoms with E-state index in [4.69, 9.17) is 11.6 Å². The second-order valence-electron chi connectivity index (χ2n) is 2.14. The van der Waals surface area contributed by atoms with Crippen LogP contribution in [0.1, 0.15) is 17.9 Å². The molecule has 1 N–H and O–H groups in total. The first-order chi connectivity index (χ1) is 4.72. The van der Waals surface area contributed by atoms with Crippen LogP contribution >= 0.6 is 22.9 Å². The maximum atomic E-state index is 9.37. The van der Waals surface area contributed by atoms with Crippen LogP contribution in [-0.4, -0.2) is 10.5 Å². The second kappa shape index (κ2) is 3.37. The maximum absolute atomic E-state index is 9.37. The fraction of sp³-hybridized carbons (Fsp3) is 0.429. The van der Waals surface area contributed by atoms with Crippen LogP contribution in [-0.2, 0) is 0 Å². The number of hydrogen-bond donors (Lipinski definition) is 1. The van der Waals surface area contributed by atoms with Gasteiger partial charge in [0.25, 0.3) is 0 Å². The van der Waals surface area contributed by atoms with Gasteiger partial charge in [0.05, 0.1) is 5.38 Å². The highest BCUT2D eigenvalue weighted by atomic mass is 35.5. The quantitative estimate of drug-likeness (QED) is 0.687. The van der Waals surface area contributed by atoms with Crippen molar-refractivity contribution in [1.82, 2.24) is 0 Å². The Balaban J connectivity index is 2.68. The van der Waals surface area contributed by atoms with Crippen molar-refractivity contribution in [3.05, 3.63) is 22.4 Å². The summed E-state index contributed by atoms with van der Waals surface area (Å²) >= 11 is 7.20. The van der Waals surface area contributed by atoms with E-state index in [9.17, 15) is 5.11 Å². The molecule has 0 unspecified atom stereocenters. The first-order valence-corrected chi connectivity index (χ1v) is 4.39. The largest absolute Gasteiger partial charge is 0.386 e. The van der Waals surface area contributed by atoms with Gasteiger partial charge < -0.3 is 5.11 Å². The predicted molar refractivity (Wildman–Crippen MR) is 44.6 cm³/mol. The zero-order chi connectivity index (χ0) is 7.56. The van der Waals surface area contributed by atoms with Crippen molar-refractivity contribution < 1.29 is 5.11 Å². The molecule has 1 heterocycles. The topological polar surface area (TPSA) is 20.2 Å². The van der Waals surface area contributed by atoms with E-state index in [-0.39, 0.29) is 5.38 Å². The van der Waals surface area contributed by atoms with Gasteiger partial charge in [0, 0.05) is 4.88 Å². The fourth-order valence-electron chi connectivity index (χ4n) is 0.686. The Morgan fingerprint density at radius 3 is 2.80 bits per heavy atom. The van der Waals surface area contributed by atoms with Crippen LogP contribution in [0.2, 0.25) is 0 Å². The summed E-state index contributed by atoms with van der Waals surface area (Å²) in [5.41, 5.74) is 0. The lowest BCUT2D eigenvalue weighted by atomic mass is 10.2. The molecule has 1 nitrogen and oxygen atoms in total. The van der Waals surface area contributed by atoms with Crippen LogP contribution < -0.4 is 0 Å². The van der Waals surface area contributed by atoms with E-state index in [0.717, 1.165) is 4.88 Å². The van der Waals surface area contributed by atoms with E-state index >= 15 is 0 Å². The van der Waals surface area contributed by atoms with Gasteiger partial charge in [-0.2, -0.15) is 0 Å². The Hall–Kier alpha value is -0.0500. The van der Waals surface area contributed by atoms with Crippen LogP contribution in [0.3, 0.4) is 0 Å². The summed E-state index contributed by atoms with van der Waals surface area (Å²) in [7, 11) is 0. The van der Waals surface area contributed by atoms with Crippen molar-refractivity contribution in [3.63, 3.8) is 0 Å².